The summed E-state index contributed by atoms with van der Waals surface area (Å²) in [7, 11) is 1.37. The van der Waals surface area contributed by atoms with Crippen LogP contribution in [-0.2, 0) is 24.1 Å². The van der Waals surface area contributed by atoms with E-state index < -0.39 is 5.97 Å². The number of rotatable bonds is 3. The van der Waals surface area contributed by atoms with Crippen molar-refractivity contribution in [2.24, 2.45) is 0 Å². The van der Waals surface area contributed by atoms with E-state index in [1.165, 1.54) is 7.11 Å². The Morgan fingerprint density at radius 1 is 1.38 bits per heavy atom. The molecule has 2 aromatic rings. The average Bonchev–Trinajstić information content (AvgIpc) is 2.54. The molecule has 0 fully saturated rings. The zero-order valence-corrected chi connectivity index (χ0v) is 11.8. The number of ether oxygens (including phenoxy) is 1. The second-order valence-corrected chi connectivity index (χ2v) is 4.83. The summed E-state index contributed by atoms with van der Waals surface area (Å²) >= 11 is 0. The van der Waals surface area contributed by atoms with Gasteiger partial charge in [-0.15, -0.1) is 0 Å². The first-order chi connectivity index (χ1) is 10.3. The van der Waals surface area contributed by atoms with Gasteiger partial charge in [0.15, 0.2) is 5.69 Å². The van der Waals surface area contributed by atoms with Gasteiger partial charge in [-0.2, -0.15) is 0 Å². The normalized spacial score (nSPS) is 13.6. The highest BCUT2D eigenvalue weighted by Gasteiger charge is 2.22. The van der Waals surface area contributed by atoms with Gasteiger partial charge in [-0.25, -0.2) is 14.8 Å². The first-order valence-electron chi connectivity index (χ1n) is 6.85. The maximum Gasteiger partial charge on any atom is 0.357 e. The predicted octanol–water partition coefficient (Wildman–Crippen LogP) is 0.895. The molecule has 6 heteroatoms. The Morgan fingerprint density at radius 2 is 2.29 bits per heavy atom. The standard InChI is InChI=1S/C15H16N4O2/c1-21-15(20)14-11-9-16-7-5-12(11)18-13(19-14)8-10-4-2-3-6-17-10/h2-4,6,16H,5,7-9H2,1H3. The molecule has 0 saturated carbocycles. The topological polar surface area (TPSA) is 77.0 Å². The molecular formula is C15H16N4O2. The van der Waals surface area contributed by atoms with Crippen LogP contribution in [0.5, 0.6) is 0 Å². The van der Waals surface area contributed by atoms with Crippen molar-refractivity contribution in [1.29, 1.82) is 0 Å². The fourth-order valence-electron chi connectivity index (χ4n) is 2.40. The molecule has 108 valence electrons. The lowest BCUT2D eigenvalue weighted by molar-refractivity contribution is 0.0591. The van der Waals surface area contributed by atoms with Crippen LogP contribution in [0.1, 0.15) is 33.3 Å². The molecule has 3 heterocycles. The summed E-state index contributed by atoms with van der Waals surface area (Å²) < 4.78 is 4.83. The van der Waals surface area contributed by atoms with Crippen molar-refractivity contribution in [2.45, 2.75) is 19.4 Å². The Balaban J connectivity index is 2.00. The lowest BCUT2D eigenvalue weighted by Crippen LogP contribution is -2.28. The smallest absolute Gasteiger partial charge is 0.357 e. The molecule has 21 heavy (non-hydrogen) atoms. The molecule has 3 rings (SSSR count). The molecule has 1 aliphatic heterocycles. The summed E-state index contributed by atoms with van der Waals surface area (Å²) in [6.45, 7) is 1.46. The monoisotopic (exact) mass is 284 g/mol. The van der Waals surface area contributed by atoms with E-state index in [1.807, 2.05) is 18.2 Å². The fourth-order valence-corrected chi connectivity index (χ4v) is 2.40. The number of methoxy groups -OCH3 is 1. The SMILES string of the molecule is COC(=O)c1nc(Cc2ccccn2)nc2c1CNCC2. The lowest BCUT2D eigenvalue weighted by atomic mass is 10.0. The lowest BCUT2D eigenvalue weighted by Gasteiger charge is -2.19. The van der Waals surface area contributed by atoms with Crippen LogP contribution in [0.3, 0.4) is 0 Å². The van der Waals surface area contributed by atoms with Gasteiger partial charge in [-0.3, -0.25) is 4.98 Å². The van der Waals surface area contributed by atoms with E-state index in [0.29, 0.717) is 24.5 Å². The summed E-state index contributed by atoms with van der Waals surface area (Å²) in [5.41, 5.74) is 3.01. The second-order valence-electron chi connectivity index (χ2n) is 4.83. The molecule has 1 aliphatic rings. The zero-order valence-electron chi connectivity index (χ0n) is 11.8. The second kappa shape index (κ2) is 5.97. The van der Waals surface area contributed by atoms with E-state index in [2.05, 4.69) is 20.3 Å². The van der Waals surface area contributed by atoms with Crippen LogP contribution in [0.25, 0.3) is 0 Å². The number of carbonyl (C=O) groups is 1. The minimum Gasteiger partial charge on any atom is -0.464 e. The molecule has 0 unspecified atom stereocenters. The van der Waals surface area contributed by atoms with E-state index in [-0.39, 0.29) is 0 Å². The summed E-state index contributed by atoms with van der Waals surface area (Å²) in [6, 6.07) is 5.71. The van der Waals surface area contributed by atoms with Crippen LogP contribution < -0.4 is 5.32 Å². The van der Waals surface area contributed by atoms with Crippen molar-refractivity contribution in [1.82, 2.24) is 20.3 Å². The highest BCUT2D eigenvalue weighted by molar-refractivity contribution is 5.89. The van der Waals surface area contributed by atoms with Crippen molar-refractivity contribution < 1.29 is 9.53 Å². The van der Waals surface area contributed by atoms with Crippen molar-refractivity contribution in [2.75, 3.05) is 13.7 Å². The van der Waals surface area contributed by atoms with Crippen LogP contribution in [-0.4, -0.2) is 34.6 Å². The number of esters is 1. The van der Waals surface area contributed by atoms with E-state index in [0.717, 1.165) is 29.9 Å². The van der Waals surface area contributed by atoms with E-state index in [4.69, 9.17) is 4.74 Å². The summed E-state index contributed by atoms with van der Waals surface area (Å²) in [6.07, 6.45) is 3.03. The summed E-state index contributed by atoms with van der Waals surface area (Å²) in [5.74, 6) is 0.189. The molecule has 0 bridgehead atoms. The Bertz CT molecular complexity index is 658. The van der Waals surface area contributed by atoms with Gasteiger partial charge in [0.25, 0.3) is 0 Å². The quantitative estimate of drug-likeness (QED) is 0.844. The maximum absolute atomic E-state index is 11.9. The van der Waals surface area contributed by atoms with Gasteiger partial charge in [0, 0.05) is 37.0 Å². The fraction of sp³-hybridized carbons (Fsp3) is 0.333. The molecule has 0 aliphatic carbocycles. The molecule has 1 N–H and O–H groups in total. The number of hydrogen-bond donors (Lipinski definition) is 1. The number of hydrogen-bond acceptors (Lipinski definition) is 6. The Hall–Kier alpha value is -2.34. The largest absolute Gasteiger partial charge is 0.464 e. The third kappa shape index (κ3) is 2.90. The summed E-state index contributed by atoms with van der Waals surface area (Å²) in [4.78, 5) is 25.2. The molecule has 0 aromatic carbocycles. The predicted molar refractivity (Wildman–Crippen MR) is 75.8 cm³/mol. The van der Waals surface area contributed by atoms with Gasteiger partial charge in [-0.05, 0) is 12.1 Å². The van der Waals surface area contributed by atoms with E-state index in [1.54, 1.807) is 6.20 Å². The minimum absolute atomic E-state index is 0.362. The number of nitrogens with zero attached hydrogens (tertiary/aromatic N) is 3. The van der Waals surface area contributed by atoms with Crippen LogP contribution in [0, 0.1) is 0 Å². The summed E-state index contributed by atoms with van der Waals surface area (Å²) in [5, 5.41) is 3.23. The van der Waals surface area contributed by atoms with E-state index >= 15 is 0 Å². The number of fused-ring (bicyclic) bond motifs is 1. The molecule has 6 nitrogen and oxygen atoms in total. The van der Waals surface area contributed by atoms with Gasteiger partial charge in [-0.1, -0.05) is 6.07 Å². The number of aromatic nitrogens is 3. The minimum atomic E-state index is -0.417. The van der Waals surface area contributed by atoms with Crippen molar-refractivity contribution in [3.05, 3.63) is 52.9 Å². The Labute approximate surface area is 122 Å². The van der Waals surface area contributed by atoms with Gasteiger partial charge in [0.05, 0.1) is 19.2 Å². The molecule has 0 radical (unpaired) electrons. The molecule has 0 spiro atoms. The highest BCUT2D eigenvalue weighted by atomic mass is 16.5. The van der Waals surface area contributed by atoms with Crippen molar-refractivity contribution in [3.8, 4) is 0 Å². The van der Waals surface area contributed by atoms with Crippen LogP contribution in [0.15, 0.2) is 24.4 Å². The van der Waals surface area contributed by atoms with Crippen LogP contribution >= 0.6 is 0 Å². The molecule has 0 atom stereocenters. The van der Waals surface area contributed by atoms with Gasteiger partial charge < -0.3 is 10.1 Å². The number of nitrogens with one attached hydrogen (secondary N) is 1. The van der Waals surface area contributed by atoms with Crippen molar-refractivity contribution in [3.63, 3.8) is 0 Å². The maximum atomic E-state index is 11.9. The Morgan fingerprint density at radius 3 is 3.05 bits per heavy atom. The third-order valence-electron chi connectivity index (χ3n) is 3.42. The number of carbonyl (C=O) groups excluding carboxylic acids is 1. The molecule has 0 saturated heterocycles. The highest BCUT2D eigenvalue weighted by Crippen LogP contribution is 2.17. The van der Waals surface area contributed by atoms with Gasteiger partial charge in [0.2, 0.25) is 0 Å². The van der Waals surface area contributed by atoms with Crippen LogP contribution in [0.2, 0.25) is 0 Å². The van der Waals surface area contributed by atoms with Crippen molar-refractivity contribution >= 4 is 5.97 Å². The molecular weight excluding hydrogens is 268 g/mol. The third-order valence-corrected chi connectivity index (χ3v) is 3.42. The first-order valence-corrected chi connectivity index (χ1v) is 6.85. The van der Waals surface area contributed by atoms with Gasteiger partial charge >= 0.3 is 5.97 Å². The number of pyridine rings is 1. The van der Waals surface area contributed by atoms with E-state index in [9.17, 15) is 4.79 Å². The first kappa shape index (κ1) is 13.6. The Kier molecular flexibility index (Phi) is 3.87. The molecule has 2 aromatic heterocycles. The average molecular weight is 284 g/mol. The van der Waals surface area contributed by atoms with Crippen LogP contribution in [0.4, 0.5) is 0 Å². The zero-order chi connectivity index (χ0) is 14.7. The molecule has 0 amide bonds. The van der Waals surface area contributed by atoms with Gasteiger partial charge in [0.1, 0.15) is 5.82 Å².